The monoisotopic (exact) mass is 365 g/mol. The van der Waals surface area contributed by atoms with E-state index in [0.717, 1.165) is 28.3 Å². The van der Waals surface area contributed by atoms with E-state index in [1.165, 1.54) is 0 Å². The minimum atomic E-state index is -0.00202. The first-order valence-electron chi connectivity index (χ1n) is 9.36. The summed E-state index contributed by atoms with van der Waals surface area (Å²) < 4.78 is 0. The lowest BCUT2D eigenvalue weighted by atomic mass is 10.1. The fourth-order valence-corrected chi connectivity index (χ4v) is 3.70. The van der Waals surface area contributed by atoms with Gasteiger partial charge >= 0.3 is 0 Å². The lowest BCUT2D eigenvalue weighted by Gasteiger charge is -2.19. The minimum Gasteiger partial charge on any atom is -0.318 e. The molecular formula is C24H19N3O. The van der Waals surface area contributed by atoms with Gasteiger partial charge in [0.25, 0.3) is 5.91 Å². The first kappa shape index (κ1) is 16.5. The van der Waals surface area contributed by atoms with E-state index >= 15 is 0 Å². The molecule has 2 heterocycles. The number of rotatable bonds is 3. The second-order valence-corrected chi connectivity index (χ2v) is 6.93. The highest BCUT2D eigenvalue weighted by Crippen LogP contribution is 2.33. The van der Waals surface area contributed by atoms with E-state index in [0.29, 0.717) is 18.7 Å². The summed E-state index contributed by atoms with van der Waals surface area (Å²) in [6.07, 6.45) is 1.88. The Morgan fingerprint density at radius 2 is 1.50 bits per heavy atom. The van der Waals surface area contributed by atoms with Gasteiger partial charge in [0.05, 0.1) is 36.3 Å². The third-order valence-electron chi connectivity index (χ3n) is 5.09. The molecule has 3 aromatic carbocycles. The number of aliphatic imine (C=N–C) groups is 1. The summed E-state index contributed by atoms with van der Waals surface area (Å²) in [5.41, 5.74) is 4.81. The van der Waals surface area contributed by atoms with Gasteiger partial charge in [0.1, 0.15) is 5.82 Å². The highest BCUT2D eigenvalue weighted by molar-refractivity contribution is 6.09. The highest BCUT2D eigenvalue weighted by atomic mass is 16.2. The average molecular weight is 365 g/mol. The number of fused-ring (bicyclic) bond motifs is 3. The number of hydrogen-bond donors (Lipinski definition) is 0. The van der Waals surface area contributed by atoms with Crippen LogP contribution in [0.4, 0.5) is 5.69 Å². The molecule has 0 saturated carbocycles. The van der Waals surface area contributed by atoms with Crippen molar-refractivity contribution < 1.29 is 4.79 Å². The lowest BCUT2D eigenvalue weighted by molar-refractivity contribution is 0.0815. The van der Waals surface area contributed by atoms with Crippen LogP contribution in [-0.4, -0.2) is 23.1 Å². The number of amides is 1. The predicted molar refractivity (Wildman–Crippen MR) is 111 cm³/mol. The van der Waals surface area contributed by atoms with Crippen LogP contribution in [0.25, 0.3) is 0 Å². The fourth-order valence-electron chi connectivity index (χ4n) is 3.70. The van der Waals surface area contributed by atoms with Crippen LogP contribution in [0.1, 0.15) is 21.5 Å². The van der Waals surface area contributed by atoms with E-state index in [1.807, 2.05) is 79.0 Å². The number of carbonyl (C=O) groups is 1. The normalized spacial score (nSPS) is 15.5. The molecule has 0 spiro atoms. The zero-order valence-corrected chi connectivity index (χ0v) is 15.3. The molecule has 0 aromatic heterocycles. The van der Waals surface area contributed by atoms with Crippen LogP contribution in [0.3, 0.4) is 0 Å². The number of para-hydroxylation sites is 1. The first-order chi connectivity index (χ1) is 13.8. The lowest BCUT2D eigenvalue weighted by Crippen LogP contribution is -2.25. The molecule has 3 aromatic rings. The quantitative estimate of drug-likeness (QED) is 0.687. The van der Waals surface area contributed by atoms with Crippen LogP contribution in [0.5, 0.6) is 0 Å². The van der Waals surface area contributed by atoms with Gasteiger partial charge in [-0.25, -0.2) is 4.99 Å². The van der Waals surface area contributed by atoms with Crippen molar-refractivity contribution >= 4 is 17.3 Å². The van der Waals surface area contributed by atoms with Gasteiger partial charge in [-0.15, -0.1) is 0 Å². The Morgan fingerprint density at radius 3 is 2.29 bits per heavy atom. The Hall–Kier alpha value is -3.66. The Balaban J connectivity index is 1.59. The molecule has 1 amide bonds. The van der Waals surface area contributed by atoms with Gasteiger partial charge in [0.15, 0.2) is 0 Å². The predicted octanol–water partition coefficient (Wildman–Crippen LogP) is 4.45. The molecule has 0 N–H and O–H groups in total. The summed E-state index contributed by atoms with van der Waals surface area (Å²) in [7, 11) is 0. The smallest absolute Gasteiger partial charge is 0.260 e. The molecule has 2 aliphatic rings. The SMILES string of the molecule is O=C1c2ccccc2N2CC(c3ccccc3)=NC2=CN1Cc1ccccc1. The van der Waals surface area contributed by atoms with Crippen molar-refractivity contribution in [2.45, 2.75) is 6.54 Å². The van der Waals surface area contributed by atoms with E-state index in [9.17, 15) is 4.79 Å². The molecule has 28 heavy (non-hydrogen) atoms. The highest BCUT2D eigenvalue weighted by Gasteiger charge is 2.31. The number of nitrogens with zero attached hydrogens (tertiary/aromatic N) is 3. The topological polar surface area (TPSA) is 35.9 Å². The van der Waals surface area contributed by atoms with E-state index in [-0.39, 0.29) is 5.91 Å². The molecule has 0 bridgehead atoms. The van der Waals surface area contributed by atoms with Gasteiger partial charge < -0.3 is 9.80 Å². The molecule has 0 saturated heterocycles. The summed E-state index contributed by atoms with van der Waals surface area (Å²) in [6.45, 7) is 1.17. The summed E-state index contributed by atoms with van der Waals surface area (Å²) in [5, 5.41) is 0. The van der Waals surface area contributed by atoms with Crippen molar-refractivity contribution in [3.05, 3.63) is 114 Å². The van der Waals surface area contributed by atoms with Gasteiger partial charge in [-0.1, -0.05) is 72.8 Å². The summed E-state index contributed by atoms with van der Waals surface area (Å²) >= 11 is 0. The molecule has 4 nitrogen and oxygen atoms in total. The van der Waals surface area contributed by atoms with Gasteiger partial charge in [-0.2, -0.15) is 0 Å². The zero-order valence-electron chi connectivity index (χ0n) is 15.3. The molecular weight excluding hydrogens is 346 g/mol. The summed E-state index contributed by atoms with van der Waals surface area (Å²) in [6, 6.07) is 28.0. The van der Waals surface area contributed by atoms with Gasteiger partial charge in [-0.3, -0.25) is 4.79 Å². The maximum Gasteiger partial charge on any atom is 0.260 e. The number of hydrogen-bond acceptors (Lipinski definition) is 3. The Morgan fingerprint density at radius 1 is 0.821 bits per heavy atom. The van der Waals surface area contributed by atoms with Gasteiger partial charge in [-0.05, 0) is 23.3 Å². The molecule has 0 radical (unpaired) electrons. The van der Waals surface area contributed by atoms with Crippen LogP contribution in [0.15, 0.2) is 102 Å². The number of anilines is 1. The standard InChI is InChI=1S/C24H19N3O/c28-24-20-13-7-8-14-22(20)27-16-21(19-11-5-2-6-12-19)25-23(27)17-26(24)15-18-9-3-1-4-10-18/h1-14,17H,15-16H2. The molecule has 2 aliphatic heterocycles. The third kappa shape index (κ3) is 2.89. The van der Waals surface area contributed by atoms with Crippen LogP contribution in [0, 0.1) is 0 Å². The molecule has 0 atom stereocenters. The van der Waals surface area contributed by atoms with Crippen LogP contribution < -0.4 is 4.90 Å². The number of carbonyl (C=O) groups excluding carboxylic acids is 1. The third-order valence-corrected chi connectivity index (χ3v) is 5.09. The van der Waals surface area contributed by atoms with Crippen LogP contribution in [-0.2, 0) is 6.54 Å². The molecule has 0 aliphatic carbocycles. The Kier molecular flexibility index (Phi) is 4.02. The molecule has 0 fully saturated rings. The zero-order chi connectivity index (χ0) is 18.9. The maximum absolute atomic E-state index is 13.2. The Bertz CT molecular complexity index is 1090. The first-order valence-corrected chi connectivity index (χ1v) is 9.36. The van der Waals surface area contributed by atoms with Crippen molar-refractivity contribution in [3.8, 4) is 0 Å². The van der Waals surface area contributed by atoms with Crippen LogP contribution >= 0.6 is 0 Å². The molecule has 136 valence electrons. The van der Waals surface area contributed by atoms with Crippen molar-refractivity contribution in [2.24, 2.45) is 4.99 Å². The van der Waals surface area contributed by atoms with E-state index in [4.69, 9.17) is 4.99 Å². The summed E-state index contributed by atoms with van der Waals surface area (Å²) in [5.74, 6) is 0.797. The minimum absolute atomic E-state index is 0.00202. The fraction of sp³-hybridized carbons (Fsp3) is 0.0833. The van der Waals surface area contributed by atoms with Crippen molar-refractivity contribution in [1.82, 2.24) is 4.90 Å². The average Bonchev–Trinajstić information content (AvgIpc) is 3.14. The van der Waals surface area contributed by atoms with Gasteiger partial charge in [0.2, 0.25) is 0 Å². The number of benzene rings is 3. The van der Waals surface area contributed by atoms with Crippen LogP contribution in [0.2, 0.25) is 0 Å². The van der Waals surface area contributed by atoms with Crippen molar-refractivity contribution in [2.75, 3.05) is 11.4 Å². The van der Waals surface area contributed by atoms with E-state index < -0.39 is 0 Å². The summed E-state index contributed by atoms with van der Waals surface area (Å²) in [4.78, 5) is 22.0. The Labute approximate surface area is 164 Å². The van der Waals surface area contributed by atoms with Crippen molar-refractivity contribution in [3.63, 3.8) is 0 Å². The second-order valence-electron chi connectivity index (χ2n) is 6.93. The van der Waals surface area contributed by atoms with E-state index in [1.54, 1.807) is 4.90 Å². The van der Waals surface area contributed by atoms with E-state index in [2.05, 4.69) is 17.0 Å². The van der Waals surface area contributed by atoms with Gasteiger partial charge in [0, 0.05) is 0 Å². The molecule has 4 heteroatoms. The maximum atomic E-state index is 13.2. The molecule has 5 rings (SSSR count). The second kappa shape index (κ2) is 6.82. The van der Waals surface area contributed by atoms with Crippen molar-refractivity contribution in [1.29, 1.82) is 0 Å². The molecule has 0 unspecified atom stereocenters. The largest absolute Gasteiger partial charge is 0.318 e.